The number of methoxy groups -OCH3 is 2. The topological polar surface area (TPSA) is 72.7 Å². The van der Waals surface area contributed by atoms with Crippen LogP contribution in [0.5, 0.6) is 11.5 Å². The number of thiazole rings is 1. The predicted octanol–water partition coefficient (Wildman–Crippen LogP) is 3.05. The molecule has 1 aliphatic heterocycles. The number of piperazine rings is 1. The normalized spacial score (nSPS) is 14.7. The van der Waals surface area contributed by atoms with Crippen LogP contribution >= 0.6 is 11.3 Å². The van der Waals surface area contributed by atoms with Crippen LogP contribution in [0.25, 0.3) is 10.2 Å². The summed E-state index contributed by atoms with van der Waals surface area (Å²) in [6.45, 7) is 6.80. The quantitative estimate of drug-likeness (QED) is 0.638. The van der Waals surface area contributed by atoms with Gasteiger partial charge in [0, 0.05) is 38.4 Å². The van der Waals surface area contributed by atoms with Crippen LogP contribution in [-0.4, -0.2) is 66.0 Å². The monoisotopic (exact) mass is 415 g/mol. The maximum absolute atomic E-state index is 12.9. The van der Waals surface area contributed by atoms with E-state index in [0.717, 1.165) is 39.9 Å². The number of anilines is 1. The second-order valence-electron chi connectivity index (χ2n) is 7.18. The molecule has 0 saturated carbocycles. The highest BCUT2D eigenvalue weighted by Crippen LogP contribution is 2.40. The maximum Gasteiger partial charge on any atom is 0.272 e. The highest BCUT2D eigenvalue weighted by atomic mass is 32.1. The van der Waals surface area contributed by atoms with E-state index in [1.165, 1.54) is 0 Å². The largest absolute Gasteiger partial charge is 0.495 e. The molecule has 0 unspecified atom stereocenters. The number of ether oxygens (including phenoxy) is 2. The fourth-order valence-corrected chi connectivity index (χ4v) is 4.69. The van der Waals surface area contributed by atoms with E-state index >= 15 is 0 Å². The van der Waals surface area contributed by atoms with Gasteiger partial charge in [-0.2, -0.15) is 5.10 Å². The molecule has 1 saturated heterocycles. The van der Waals surface area contributed by atoms with Gasteiger partial charge in [-0.1, -0.05) is 11.3 Å². The molecule has 0 aliphatic carbocycles. The number of rotatable bonds is 5. The van der Waals surface area contributed by atoms with Gasteiger partial charge >= 0.3 is 0 Å². The van der Waals surface area contributed by atoms with Gasteiger partial charge < -0.3 is 19.3 Å². The van der Waals surface area contributed by atoms with Crippen molar-refractivity contribution < 1.29 is 14.3 Å². The molecule has 0 atom stereocenters. The van der Waals surface area contributed by atoms with Crippen molar-refractivity contribution >= 4 is 32.6 Å². The van der Waals surface area contributed by atoms with Gasteiger partial charge in [0.15, 0.2) is 5.13 Å². The van der Waals surface area contributed by atoms with E-state index in [2.05, 4.69) is 10.00 Å². The number of hydrogen-bond donors (Lipinski definition) is 0. The minimum atomic E-state index is 0.0310. The van der Waals surface area contributed by atoms with Gasteiger partial charge in [0.1, 0.15) is 27.4 Å². The lowest BCUT2D eigenvalue weighted by Gasteiger charge is -2.34. The molecule has 1 aliphatic rings. The lowest BCUT2D eigenvalue weighted by molar-refractivity contribution is 0.0732. The number of carbonyl (C=O) groups is 1. The van der Waals surface area contributed by atoms with Crippen molar-refractivity contribution in [3.8, 4) is 11.5 Å². The molecule has 2 aromatic heterocycles. The van der Waals surface area contributed by atoms with Crippen molar-refractivity contribution in [3.05, 3.63) is 30.1 Å². The Labute approximate surface area is 173 Å². The van der Waals surface area contributed by atoms with Gasteiger partial charge in [0.2, 0.25) is 0 Å². The van der Waals surface area contributed by atoms with Crippen LogP contribution in [0.3, 0.4) is 0 Å². The summed E-state index contributed by atoms with van der Waals surface area (Å²) in [4.78, 5) is 21.8. The minimum absolute atomic E-state index is 0.0310. The Morgan fingerprint density at radius 1 is 1.07 bits per heavy atom. The van der Waals surface area contributed by atoms with Crippen molar-refractivity contribution in [2.45, 2.75) is 19.9 Å². The van der Waals surface area contributed by atoms with Gasteiger partial charge in [-0.15, -0.1) is 0 Å². The summed E-state index contributed by atoms with van der Waals surface area (Å²) in [6.07, 6.45) is 1.69. The molecule has 3 heterocycles. The highest BCUT2D eigenvalue weighted by Gasteiger charge is 2.27. The SMILES string of the molecule is COc1ccc(OC)c2sc(N3CCN(C(=O)c4ccnn4C(C)C)CC3)nc12. The van der Waals surface area contributed by atoms with Crippen LogP contribution in [-0.2, 0) is 0 Å². The van der Waals surface area contributed by atoms with Crippen LogP contribution in [0, 0.1) is 0 Å². The maximum atomic E-state index is 12.9. The average Bonchev–Trinajstić information content (AvgIpc) is 3.40. The van der Waals surface area contributed by atoms with Crippen LogP contribution in [0.1, 0.15) is 30.4 Å². The van der Waals surface area contributed by atoms with Crippen molar-refractivity contribution in [1.29, 1.82) is 0 Å². The first-order valence-electron chi connectivity index (χ1n) is 9.62. The Kier molecular flexibility index (Phi) is 5.31. The first kappa shape index (κ1) is 19.5. The Hall–Kier alpha value is -2.81. The van der Waals surface area contributed by atoms with Crippen molar-refractivity contribution in [1.82, 2.24) is 19.7 Å². The Bertz CT molecular complexity index is 979. The van der Waals surface area contributed by atoms with E-state index < -0.39 is 0 Å². The van der Waals surface area contributed by atoms with Crippen molar-refractivity contribution in [2.24, 2.45) is 0 Å². The van der Waals surface area contributed by atoms with Gasteiger partial charge in [-0.25, -0.2) is 4.98 Å². The molecule has 3 aromatic rings. The zero-order chi connectivity index (χ0) is 20.5. The molecule has 29 heavy (non-hydrogen) atoms. The summed E-state index contributed by atoms with van der Waals surface area (Å²) in [5.41, 5.74) is 1.45. The average molecular weight is 416 g/mol. The Morgan fingerprint density at radius 2 is 1.76 bits per heavy atom. The zero-order valence-electron chi connectivity index (χ0n) is 17.1. The van der Waals surface area contributed by atoms with Gasteiger partial charge in [-0.05, 0) is 32.0 Å². The second kappa shape index (κ2) is 7.90. The third-order valence-corrected chi connectivity index (χ3v) is 6.25. The van der Waals surface area contributed by atoms with Gasteiger partial charge in [0.25, 0.3) is 5.91 Å². The predicted molar refractivity (Wildman–Crippen MR) is 113 cm³/mol. The van der Waals surface area contributed by atoms with E-state index in [9.17, 15) is 4.79 Å². The highest BCUT2D eigenvalue weighted by molar-refractivity contribution is 7.22. The molecule has 1 amide bonds. The summed E-state index contributed by atoms with van der Waals surface area (Å²) in [7, 11) is 3.30. The number of carbonyl (C=O) groups excluding carboxylic acids is 1. The molecule has 1 fully saturated rings. The van der Waals surface area contributed by atoms with Gasteiger partial charge in [0.05, 0.1) is 14.2 Å². The number of nitrogens with zero attached hydrogens (tertiary/aromatic N) is 5. The second-order valence-corrected chi connectivity index (χ2v) is 8.16. The van der Waals surface area contributed by atoms with Crippen molar-refractivity contribution in [2.75, 3.05) is 45.3 Å². The Balaban J connectivity index is 1.51. The Morgan fingerprint density at radius 3 is 2.41 bits per heavy atom. The number of amides is 1. The molecule has 9 heteroatoms. The van der Waals surface area contributed by atoms with E-state index in [1.807, 2.05) is 30.9 Å². The fraction of sp³-hybridized carbons (Fsp3) is 0.450. The van der Waals surface area contributed by atoms with E-state index in [-0.39, 0.29) is 11.9 Å². The zero-order valence-corrected chi connectivity index (χ0v) is 17.9. The number of benzene rings is 1. The lowest BCUT2D eigenvalue weighted by Crippen LogP contribution is -2.49. The molecule has 154 valence electrons. The number of hydrogen-bond acceptors (Lipinski definition) is 7. The summed E-state index contributed by atoms with van der Waals surface area (Å²) in [5.74, 6) is 1.56. The molecule has 0 spiro atoms. The molecule has 1 aromatic carbocycles. The van der Waals surface area contributed by atoms with Crippen LogP contribution < -0.4 is 14.4 Å². The molecular weight excluding hydrogens is 390 g/mol. The van der Waals surface area contributed by atoms with Crippen LogP contribution in [0.2, 0.25) is 0 Å². The number of fused-ring (bicyclic) bond motifs is 1. The molecule has 0 radical (unpaired) electrons. The van der Waals surface area contributed by atoms with Crippen molar-refractivity contribution in [3.63, 3.8) is 0 Å². The lowest BCUT2D eigenvalue weighted by atomic mass is 10.2. The van der Waals surface area contributed by atoms with Gasteiger partial charge in [-0.3, -0.25) is 9.48 Å². The molecule has 0 N–H and O–H groups in total. The summed E-state index contributed by atoms with van der Waals surface area (Å²) in [5, 5.41) is 5.20. The number of aromatic nitrogens is 3. The smallest absolute Gasteiger partial charge is 0.272 e. The third-order valence-electron chi connectivity index (χ3n) is 5.11. The van der Waals surface area contributed by atoms with E-state index in [0.29, 0.717) is 18.8 Å². The van der Waals surface area contributed by atoms with E-state index in [4.69, 9.17) is 14.5 Å². The minimum Gasteiger partial charge on any atom is -0.495 e. The summed E-state index contributed by atoms with van der Waals surface area (Å²) in [6, 6.07) is 5.72. The molecule has 0 bridgehead atoms. The molecule has 4 rings (SSSR count). The first-order chi connectivity index (χ1) is 14.0. The summed E-state index contributed by atoms with van der Waals surface area (Å²) < 4.78 is 13.7. The molecule has 8 nitrogen and oxygen atoms in total. The van der Waals surface area contributed by atoms with Crippen LogP contribution in [0.4, 0.5) is 5.13 Å². The summed E-state index contributed by atoms with van der Waals surface area (Å²) >= 11 is 1.59. The van der Waals surface area contributed by atoms with E-state index in [1.54, 1.807) is 42.5 Å². The van der Waals surface area contributed by atoms with Crippen LogP contribution in [0.15, 0.2) is 24.4 Å². The standard InChI is InChI=1S/C20H25N5O3S/c1-13(2)25-14(7-8-21-25)19(26)23-9-11-24(12-10-23)20-22-17-15(27-3)5-6-16(28-4)18(17)29-20/h5-8,13H,9-12H2,1-4H3. The fourth-order valence-electron chi connectivity index (χ4n) is 3.57. The molecular formula is C20H25N5O3S. The first-order valence-corrected chi connectivity index (χ1v) is 10.4. The third kappa shape index (κ3) is 3.50.